The van der Waals surface area contributed by atoms with Gasteiger partial charge in [0, 0.05) is 24.6 Å². The van der Waals surface area contributed by atoms with E-state index < -0.39 is 11.7 Å². The van der Waals surface area contributed by atoms with Gasteiger partial charge in [-0.15, -0.1) is 0 Å². The fourth-order valence-electron chi connectivity index (χ4n) is 2.90. The van der Waals surface area contributed by atoms with Crippen molar-refractivity contribution in [3.8, 4) is 0 Å². The van der Waals surface area contributed by atoms with Crippen LogP contribution in [0, 0.1) is 6.92 Å². The molecule has 0 bridgehead atoms. The number of nitrogens with zero attached hydrogens (tertiary/aromatic N) is 3. The Labute approximate surface area is 168 Å². The zero-order chi connectivity index (χ0) is 21.0. The Morgan fingerprint density at radius 1 is 1.00 bits per heavy atom. The van der Waals surface area contributed by atoms with Crippen molar-refractivity contribution in [3.63, 3.8) is 0 Å². The van der Waals surface area contributed by atoms with Crippen molar-refractivity contribution in [3.05, 3.63) is 71.4 Å². The number of aromatic nitrogens is 2. The van der Waals surface area contributed by atoms with Crippen LogP contribution in [0.2, 0.25) is 0 Å². The zero-order valence-electron chi connectivity index (χ0n) is 16.6. The normalized spacial score (nSPS) is 11.4. The van der Waals surface area contributed by atoms with Gasteiger partial charge in [-0.1, -0.05) is 43.2 Å². The molecule has 1 aromatic heterocycles. The van der Waals surface area contributed by atoms with Gasteiger partial charge in [-0.25, -0.2) is 4.98 Å². The van der Waals surface area contributed by atoms with E-state index in [9.17, 15) is 13.2 Å². The van der Waals surface area contributed by atoms with E-state index in [4.69, 9.17) is 0 Å². The third-order valence-electron chi connectivity index (χ3n) is 4.56. The lowest BCUT2D eigenvalue weighted by Crippen LogP contribution is -2.17. The Morgan fingerprint density at radius 2 is 1.66 bits per heavy atom. The number of benzene rings is 2. The van der Waals surface area contributed by atoms with Gasteiger partial charge in [0.15, 0.2) is 0 Å². The molecule has 0 fully saturated rings. The maximum Gasteiger partial charge on any atom is 0.421 e. The van der Waals surface area contributed by atoms with E-state index in [0.717, 1.165) is 35.9 Å². The molecule has 3 aromatic rings. The smallest absolute Gasteiger partial charge is 0.340 e. The monoisotopic (exact) mass is 400 g/mol. The first-order valence-electron chi connectivity index (χ1n) is 9.38. The quantitative estimate of drug-likeness (QED) is 0.530. The Hall–Kier alpha value is -3.09. The van der Waals surface area contributed by atoms with E-state index >= 15 is 0 Å². The van der Waals surface area contributed by atoms with E-state index in [-0.39, 0.29) is 11.8 Å². The predicted octanol–water partition coefficient (Wildman–Crippen LogP) is 6.27. The molecule has 0 aliphatic rings. The van der Waals surface area contributed by atoms with Crippen LogP contribution in [0.4, 0.5) is 36.3 Å². The lowest BCUT2D eigenvalue weighted by atomic mass is 10.1. The molecule has 0 unspecified atom stereocenters. The summed E-state index contributed by atoms with van der Waals surface area (Å²) in [5.41, 5.74) is 2.64. The molecule has 7 heteroatoms. The van der Waals surface area contributed by atoms with Gasteiger partial charge < -0.3 is 10.2 Å². The summed E-state index contributed by atoms with van der Waals surface area (Å²) >= 11 is 0. The third-order valence-corrected chi connectivity index (χ3v) is 4.56. The minimum atomic E-state index is -4.56. The molecule has 1 heterocycles. The number of rotatable bonds is 6. The molecule has 3 rings (SSSR count). The summed E-state index contributed by atoms with van der Waals surface area (Å²) in [6.07, 6.45) is -1.81. The van der Waals surface area contributed by atoms with E-state index in [1.165, 1.54) is 0 Å². The summed E-state index contributed by atoms with van der Waals surface area (Å²) in [6.45, 7) is 4.04. The molecular weight excluding hydrogens is 377 g/mol. The minimum Gasteiger partial charge on any atom is -0.340 e. The molecule has 0 saturated heterocycles. The van der Waals surface area contributed by atoms with Gasteiger partial charge in [0.1, 0.15) is 11.4 Å². The van der Waals surface area contributed by atoms with Crippen molar-refractivity contribution in [2.24, 2.45) is 0 Å². The second kappa shape index (κ2) is 8.51. The average Bonchev–Trinajstić information content (AvgIpc) is 2.69. The van der Waals surface area contributed by atoms with E-state index in [2.05, 4.69) is 22.2 Å². The van der Waals surface area contributed by atoms with E-state index in [0.29, 0.717) is 5.69 Å². The lowest BCUT2D eigenvalue weighted by molar-refractivity contribution is -0.137. The molecule has 0 spiro atoms. The number of nitrogens with one attached hydrogen (secondary N) is 1. The maximum absolute atomic E-state index is 13.5. The molecule has 4 nitrogen and oxygen atoms in total. The van der Waals surface area contributed by atoms with Crippen LogP contribution in [0.15, 0.2) is 54.7 Å². The van der Waals surface area contributed by atoms with Gasteiger partial charge in [0.05, 0.1) is 0 Å². The van der Waals surface area contributed by atoms with Crippen molar-refractivity contribution < 1.29 is 13.2 Å². The molecule has 29 heavy (non-hydrogen) atoms. The second-order valence-electron chi connectivity index (χ2n) is 6.90. The molecular formula is C22H23F3N4. The summed E-state index contributed by atoms with van der Waals surface area (Å²) in [5.74, 6) is -0.100. The van der Waals surface area contributed by atoms with Gasteiger partial charge in [-0.3, -0.25) is 0 Å². The molecule has 0 radical (unpaired) electrons. The van der Waals surface area contributed by atoms with Crippen LogP contribution in [-0.4, -0.2) is 17.0 Å². The van der Waals surface area contributed by atoms with Gasteiger partial charge in [0.2, 0.25) is 5.95 Å². The van der Waals surface area contributed by atoms with Gasteiger partial charge >= 0.3 is 6.18 Å². The summed E-state index contributed by atoms with van der Waals surface area (Å²) in [7, 11) is 1.72. The molecule has 0 saturated carbocycles. The fourth-order valence-corrected chi connectivity index (χ4v) is 2.90. The first-order valence-corrected chi connectivity index (χ1v) is 9.38. The van der Waals surface area contributed by atoms with Crippen LogP contribution in [0.1, 0.15) is 30.0 Å². The van der Waals surface area contributed by atoms with E-state index in [1.54, 1.807) is 24.1 Å². The molecule has 0 atom stereocenters. The first kappa shape index (κ1) is 20.6. The number of aryl methyl sites for hydroxylation is 2. The Bertz CT molecular complexity index is 951. The number of anilines is 4. The lowest BCUT2D eigenvalue weighted by Gasteiger charge is -2.20. The van der Waals surface area contributed by atoms with Crippen LogP contribution in [0.25, 0.3) is 0 Å². The van der Waals surface area contributed by atoms with Crippen LogP contribution < -0.4 is 10.2 Å². The van der Waals surface area contributed by atoms with Crippen molar-refractivity contribution in [2.45, 2.75) is 32.9 Å². The fraction of sp³-hybridized carbons (Fsp3) is 0.273. The topological polar surface area (TPSA) is 41.1 Å². The number of hydrogen-bond donors (Lipinski definition) is 1. The van der Waals surface area contributed by atoms with Crippen LogP contribution in [-0.2, 0) is 12.6 Å². The van der Waals surface area contributed by atoms with Gasteiger partial charge in [-0.2, -0.15) is 18.2 Å². The van der Waals surface area contributed by atoms with Crippen molar-refractivity contribution in [1.29, 1.82) is 0 Å². The third kappa shape index (κ3) is 5.04. The summed E-state index contributed by atoms with van der Waals surface area (Å²) in [4.78, 5) is 9.76. The van der Waals surface area contributed by atoms with Crippen molar-refractivity contribution in [1.82, 2.24) is 9.97 Å². The van der Waals surface area contributed by atoms with Crippen molar-refractivity contribution in [2.75, 3.05) is 17.3 Å². The molecule has 1 N–H and O–H groups in total. The average molecular weight is 400 g/mol. The Kier molecular flexibility index (Phi) is 6.06. The Balaban J connectivity index is 1.94. The number of hydrogen-bond acceptors (Lipinski definition) is 4. The SMILES string of the molecule is CCCc1ccc(Nc2nc(N(C)c3ccc(C)cc3)ncc2C(F)(F)F)cc1. The molecule has 152 valence electrons. The molecule has 0 amide bonds. The standard InChI is InChI=1S/C22H23F3N4/c1-4-5-16-8-10-17(11-9-16)27-20-19(22(23,24)25)14-26-21(28-20)29(3)18-12-6-15(2)7-13-18/h6-14H,4-5H2,1-3H3,(H,26,27,28). The minimum absolute atomic E-state index is 0.173. The van der Waals surface area contributed by atoms with Gasteiger partial charge in [0.25, 0.3) is 0 Å². The highest BCUT2D eigenvalue weighted by molar-refractivity contribution is 5.64. The molecule has 0 aliphatic heterocycles. The Morgan fingerprint density at radius 3 is 2.24 bits per heavy atom. The maximum atomic E-state index is 13.5. The number of alkyl halides is 3. The van der Waals surface area contributed by atoms with Crippen LogP contribution in [0.5, 0.6) is 0 Å². The van der Waals surface area contributed by atoms with Crippen LogP contribution in [0.3, 0.4) is 0 Å². The summed E-state index contributed by atoms with van der Waals surface area (Å²) in [6, 6.07) is 14.9. The largest absolute Gasteiger partial charge is 0.421 e. The summed E-state index contributed by atoms with van der Waals surface area (Å²) < 4.78 is 40.4. The zero-order valence-corrected chi connectivity index (χ0v) is 16.6. The summed E-state index contributed by atoms with van der Waals surface area (Å²) in [5, 5.41) is 2.81. The second-order valence-corrected chi connectivity index (χ2v) is 6.90. The molecule has 2 aromatic carbocycles. The highest BCUT2D eigenvalue weighted by Gasteiger charge is 2.35. The predicted molar refractivity (Wildman–Crippen MR) is 110 cm³/mol. The number of halogens is 3. The highest BCUT2D eigenvalue weighted by Crippen LogP contribution is 2.36. The molecule has 0 aliphatic carbocycles. The first-order chi connectivity index (χ1) is 13.8. The van der Waals surface area contributed by atoms with Crippen molar-refractivity contribution >= 4 is 23.1 Å². The van der Waals surface area contributed by atoms with Gasteiger partial charge in [-0.05, 0) is 43.2 Å². The highest BCUT2D eigenvalue weighted by atomic mass is 19.4. The van der Waals surface area contributed by atoms with Crippen LogP contribution >= 0.6 is 0 Å². The van der Waals surface area contributed by atoms with E-state index in [1.807, 2.05) is 43.3 Å².